The van der Waals surface area contributed by atoms with E-state index in [2.05, 4.69) is 5.32 Å². The first kappa shape index (κ1) is 22.4. The third-order valence-electron chi connectivity index (χ3n) is 5.27. The maximum atomic E-state index is 13.4. The molecule has 1 aliphatic heterocycles. The van der Waals surface area contributed by atoms with Crippen molar-refractivity contribution >= 4 is 34.7 Å². The number of halogens is 1. The Morgan fingerprint density at radius 1 is 0.879 bits per heavy atom. The van der Waals surface area contributed by atoms with Gasteiger partial charge in [0.05, 0.1) is 25.8 Å². The van der Waals surface area contributed by atoms with Gasteiger partial charge in [-0.1, -0.05) is 41.9 Å². The van der Waals surface area contributed by atoms with Crippen molar-refractivity contribution in [1.82, 2.24) is 4.90 Å². The van der Waals surface area contributed by atoms with E-state index < -0.39 is 11.8 Å². The highest BCUT2D eigenvalue weighted by Crippen LogP contribution is 2.33. The monoisotopic (exact) mass is 462 g/mol. The number of hydrogen-bond donors (Lipinski definition) is 1. The third-order valence-corrected chi connectivity index (χ3v) is 5.64. The molecule has 1 aliphatic rings. The summed E-state index contributed by atoms with van der Waals surface area (Å²) in [6.45, 7) is 2.55. The quantitative estimate of drug-likeness (QED) is 0.469. The van der Waals surface area contributed by atoms with Crippen molar-refractivity contribution in [1.29, 1.82) is 0 Å². The van der Waals surface area contributed by atoms with Gasteiger partial charge in [0.25, 0.3) is 11.8 Å². The molecule has 0 aliphatic carbocycles. The fourth-order valence-electron chi connectivity index (χ4n) is 3.60. The normalized spacial score (nSPS) is 13.5. The van der Waals surface area contributed by atoms with Crippen molar-refractivity contribution in [3.05, 3.63) is 94.6 Å². The summed E-state index contributed by atoms with van der Waals surface area (Å²) in [6.07, 6.45) is 0. The standard InChI is InChI=1S/C26H23ClN2O4/c1-3-33-21-14-10-19(11-15-21)28-24-23(17-8-12-20(32-2)13-9-17)25(30)29(26(24)31)16-18-6-4-5-7-22(18)27/h4-15,28H,3,16H2,1-2H3. The number of amides is 2. The van der Waals surface area contributed by atoms with Crippen LogP contribution in [0.3, 0.4) is 0 Å². The molecule has 3 aromatic rings. The molecule has 0 unspecified atom stereocenters. The van der Waals surface area contributed by atoms with Crippen molar-refractivity contribution in [3.63, 3.8) is 0 Å². The second-order valence-electron chi connectivity index (χ2n) is 7.35. The Morgan fingerprint density at radius 3 is 2.18 bits per heavy atom. The van der Waals surface area contributed by atoms with Gasteiger partial charge in [0.15, 0.2) is 0 Å². The number of benzene rings is 3. The molecule has 4 rings (SSSR count). The molecule has 0 saturated carbocycles. The number of anilines is 1. The van der Waals surface area contributed by atoms with Crippen LogP contribution in [0.5, 0.6) is 11.5 Å². The number of ether oxygens (including phenoxy) is 2. The Kier molecular flexibility index (Phi) is 6.66. The molecule has 0 fully saturated rings. The van der Waals surface area contributed by atoms with E-state index in [4.69, 9.17) is 21.1 Å². The lowest BCUT2D eigenvalue weighted by atomic mass is 10.0. The smallest absolute Gasteiger partial charge is 0.278 e. The van der Waals surface area contributed by atoms with Gasteiger partial charge in [-0.25, -0.2) is 0 Å². The van der Waals surface area contributed by atoms with Crippen LogP contribution in [0.25, 0.3) is 5.57 Å². The first-order valence-electron chi connectivity index (χ1n) is 10.5. The lowest BCUT2D eigenvalue weighted by Gasteiger charge is -2.16. The topological polar surface area (TPSA) is 67.9 Å². The van der Waals surface area contributed by atoms with Crippen molar-refractivity contribution in [2.24, 2.45) is 0 Å². The van der Waals surface area contributed by atoms with Crippen molar-refractivity contribution in [3.8, 4) is 11.5 Å². The molecule has 3 aromatic carbocycles. The maximum absolute atomic E-state index is 13.4. The maximum Gasteiger partial charge on any atom is 0.278 e. The highest BCUT2D eigenvalue weighted by atomic mass is 35.5. The number of rotatable bonds is 8. The molecule has 1 N–H and O–H groups in total. The fourth-order valence-corrected chi connectivity index (χ4v) is 3.80. The Bertz CT molecular complexity index is 1200. The molecule has 0 saturated heterocycles. The number of nitrogens with zero attached hydrogens (tertiary/aromatic N) is 1. The highest BCUT2D eigenvalue weighted by Gasteiger charge is 2.39. The van der Waals surface area contributed by atoms with Gasteiger partial charge < -0.3 is 14.8 Å². The van der Waals surface area contributed by atoms with E-state index in [0.29, 0.717) is 39.8 Å². The summed E-state index contributed by atoms with van der Waals surface area (Å²) in [7, 11) is 1.57. The lowest BCUT2D eigenvalue weighted by molar-refractivity contribution is -0.137. The van der Waals surface area contributed by atoms with Gasteiger partial charge in [-0.05, 0) is 60.5 Å². The Balaban J connectivity index is 1.71. The average Bonchev–Trinajstić information content (AvgIpc) is 3.06. The van der Waals surface area contributed by atoms with Gasteiger partial charge in [-0.3, -0.25) is 14.5 Å². The van der Waals surface area contributed by atoms with E-state index >= 15 is 0 Å². The molecule has 0 radical (unpaired) electrons. The summed E-state index contributed by atoms with van der Waals surface area (Å²) in [4.78, 5) is 28.0. The minimum absolute atomic E-state index is 0.0749. The number of nitrogens with one attached hydrogen (secondary N) is 1. The van der Waals surface area contributed by atoms with Crippen LogP contribution in [-0.4, -0.2) is 30.4 Å². The lowest BCUT2D eigenvalue weighted by Crippen LogP contribution is -2.32. The van der Waals surface area contributed by atoms with Crippen LogP contribution in [0.2, 0.25) is 5.02 Å². The van der Waals surface area contributed by atoms with Crippen LogP contribution >= 0.6 is 11.6 Å². The molecule has 0 atom stereocenters. The van der Waals surface area contributed by atoms with Gasteiger partial charge in [-0.15, -0.1) is 0 Å². The molecule has 7 heteroatoms. The molecule has 2 amide bonds. The van der Waals surface area contributed by atoms with Crippen molar-refractivity contribution in [2.45, 2.75) is 13.5 Å². The molecule has 33 heavy (non-hydrogen) atoms. The van der Waals surface area contributed by atoms with E-state index in [-0.39, 0.29) is 12.2 Å². The van der Waals surface area contributed by atoms with Crippen LogP contribution in [0, 0.1) is 0 Å². The Hall–Kier alpha value is -3.77. The molecule has 0 bridgehead atoms. The third kappa shape index (κ3) is 4.71. The molecular formula is C26H23ClN2O4. The summed E-state index contributed by atoms with van der Waals surface area (Å²) in [5.74, 6) is 0.574. The molecule has 0 spiro atoms. The van der Waals surface area contributed by atoms with Crippen LogP contribution in [0.15, 0.2) is 78.5 Å². The Labute approximate surface area is 197 Å². The number of methoxy groups -OCH3 is 1. The summed E-state index contributed by atoms with van der Waals surface area (Å²) in [5.41, 5.74) is 2.48. The molecule has 0 aromatic heterocycles. The summed E-state index contributed by atoms with van der Waals surface area (Å²) >= 11 is 6.29. The molecular weight excluding hydrogens is 440 g/mol. The summed E-state index contributed by atoms with van der Waals surface area (Å²) < 4.78 is 10.7. The zero-order valence-corrected chi connectivity index (χ0v) is 19.1. The van der Waals surface area contributed by atoms with Crippen LogP contribution < -0.4 is 14.8 Å². The van der Waals surface area contributed by atoms with Crippen molar-refractivity contribution in [2.75, 3.05) is 19.0 Å². The number of carbonyl (C=O) groups is 2. The first-order chi connectivity index (χ1) is 16.0. The van der Waals surface area contributed by atoms with Crippen molar-refractivity contribution < 1.29 is 19.1 Å². The number of hydrogen-bond acceptors (Lipinski definition) is 5. The van der Waals surface area contributed by atoms with Crippen LogP contribution in [0.1, 0.15) is 18.1 Å². The van der Waals surface area contributed by atoms with Gasteiger partial charge in [-0.2, -0.15) is 0 Å². The molecule has 6 nitrogen and oxygen atoms in total. The zero-order chi connectivity index (χ0) is 23.4. The number of imide groups is 1. The molecule has 1 heterocycles. The van der Waals surface area contributed by atoms with Crippen LogP contribution in [-0.2, 0) is 16.1 Å². The van der Waals surface area contributed by atoms with Gasteiger partial charge in [0.1, 0.15) is 17.2 Å². The highest BCUT2D eigenvalue weighted by molar-refractivity contribution is 6.36. The van der Waals surface area contributed by atoms with E-state index in [1.54, 1.807) is 61.7 Å². The van der Waals surface area contributed by atoms with Gasteiger partial charge >= 0.3 is 0 Å². The summed E-state index contributed by atoms with van der Waals surface area (Å²) in [5, 5.41) is 3.64. The minimum atomic E-state index is -0.417. The van der Waals surface area contributed by atoms with E-state index in [0.717, 1.165) is 5.75 Å². The average molecular weight is 463 g/mol. The minimum Gasteiger partial charge on any atom is -0.497 e. The van der Waals surface area contributed by atoms with E-state index in [1.165, 1.54) is 4.90 Å². The van der Waals surface area contributed by atoms with Gasteiger partial charge in [0.2, 0.25) is 0 Å². The van der Waals surface area contributed by atoms with E-state index in [1.807, 2.05) is 25.1 Å². The Morgan fingerprint density at radius 2 is 1.55 bits per heavy atom. The van der Waals surface area contributed by atoms with Crippen LogP contribution in [0.4, 0.5) is 5.69 Å². The molecule has 168 valence electrons. The van der Waals surface area contributed by atoms with E-state index in [9.17, 15) is 9.59 Å². The second-order valence-corrected chi connectivity index (χ2v) is 7.76. The van der Waals surface area contributed by atoms with Gasteiger partial charge in [0, 0.05) is 10.7 Å². The predicted molar refractivity (Wildman–Crippen MR) is 128 cm³/mol. The zero-order valence-electron chi connectivity index (χ0n) is 18.3. The number of carbonyl (C=O) groups excluding carboxylic acids is 2. The fraction of sp³-hybridized carbons (Fsp3) is 0.154. The SMILES string of the molecule is CCOc1ccc(NC2=C(c3ccc(OC)cc3)C(=O)N(Cc3ccccc3Cl)C2=O)cc1. The largest absolute Gasteiger partial charge is 0.497 e. The second kappa shape index (κ2) is 9.79. The summed E-state index contributed by atoms with van der Waals surface area (Å²) in [6, 6.07) is 21.4. The predicted octanol–water partition coefficient (Wildman–Crippen LogP) is 5.14. The first-order valence-corrected chi connectivity index (χ1v) is 10.9.